The summed E-state index contributed by atoms with van der Waals surface area (Å²) < 4.78 is 2.18. The first-order chi connectivity index (χ1) is 7.77. The van der Waals surface area contributed by atoms with Gasteiger partial charge in [-0.3, -0.25) is 0 Å². The maximum Gasteiger partial charge on any atom is 0.0948 e. The summed E-state index contributed by atoms with van der Waals surface area (Å²) >= 11 is 0. The van der Waals surface area contributed by atoms with Crippen LogP contribution < -0.4 is 5.73 Å². The molecular weight excluding hydrogens is 200 g/mol. The van der Waals surface area contributed by atoms with E-state index in [0.29, 0.717) is 0 Å². The minimum absolute atomic E-state index is 0.0780. The fraction of sp³-hybridized carbons (Fsp3) is 0.750. The normalized spacial score (nSPS) is 19.1. The molecule has 0 aliphatic carbocycles. The van der Waals surface area contributed by atoms with Crippen LogP contribution >= 0.6 is 0 Å². The number of aromatic nitrogens is 2. The number of likely N-dealkylation sites (tertiary alicyclic amines) is 1. The molecule has 2 N–H and O–H groups in total. The lowest BCUT2D eigenvalue weighted by atomic mass is 10.2. The highest BCUT2D eigenvalue weighted by atomic mass is 15.1. The highest BCUT2D eigenvalue weighted by Crippen LogP contribution is 2.11. The van der Waals surface area contributed by atoms with Gasteiger partial charge in [0.05, 0.1) is 12.0 Å². The average molecular weight is 222 g/mol. The van der Waals surface area contributed by atoms with Crippen molar-refractivity contribution in [3.05, 3.63) is 18.2 Å². The van der Waals surface area contributed by atoms with E-state index in [2.05, 4.69) is 14.5 Å². The van der Waals surface area contributed by atoms with Crippen molar-refractivity contribution in [2.45, 2.75) is 38.8 Å². The van der Waals surface area contributed by atoms with Crippen molar-refractivity contribution < 1.29 is 0 Å². The van der Waals surface area contributed by atoms with Crippen molar-refractivity contribution in [2.75, 3.05) is 19.6 Å². The molecule has 0 bridgehead atoms. The lowest BCUT2D eigenvalue weighted by molar-refractivity contribution is 0.324. The van der Waals surface area contributed by atoms with Gasteiger partial charge in [-0.25, -0.2) is 4.98 Å². The number of aryl methyl sites for hydroxylation is 1. The van der Waals surface area contributed by atoms with Crippen molar-refractivity contribution in [1.82, 2.24) is 14.5 Å². The van der Waals surface area contributed by atoms with E-state index in [1.54, 1.807) is 0 Å². The van der Waals surface area contributed by atoms with Crippen LogP contribution in [-0.2, 0) is 6.54 Å². The lowest BCUT2D eigenvalue weighted by Gasteiger charge is -2.15. The Morgan fingerprint density at radius 3 is 2.81 bits per heavy atom. The molecule has 4 nitrogen and oxygen atoms in total. The van der Waals surface area contributed by atoms with Crippen molar-refractivity contribution in [1.29, 1.82) is 0 Å². The molecule has 2 rings (SSSR count). The highest BCUT2D eigenvalue weighted by molar-refractivity contribution is 5.02. The second-order valence-electron chi connectivity index (χ2n) is 4.70. The minimum atomic E-state index is 0.0780. The standard InChI is InChI=1S/C12H22N4/c1-11(13)12-9-14-10-16(12)8-4-7-15-5-2-3-6-15/h9-11H,2-8,13H2,1H3. The van der Waals surface area contributed by atoms with Crippen molar-refractivity contribution in [3.63, 3.8) is 0 Å². The Labute approximate surface area is 97.4 Å². The number of hydrogen-bond acceptors (Lipinski definition) is 3. The van der Waals surface area contributed by atoms with Crippen LogP contribution in [-0.4, -0.2) is 34.1 Å². The van der Waals surface area contributed by atoms with E-state index in [1.165, 1.54) is 38.9 Å². The third-order valence-corrected chi connectivity index (χ3v) is 3.28. The molecule has 90 valence electrons. The molecule has 4 heteroatoms. The van der Waals surface area contributed by atoms with Gasteiger partial charge in [-0.05, 0) is 45.8 Å². The molecule has 0 saturated carbocycles. The van der Waals surface area contributed by atoms with E-state index in [4.69, 9.17) is 5.73 Å². The van der Waals surface area contributed by atoms with Gasteiger partial charge in [-0.1, -0.05) is 0 Å². The van der Waals surface area contributed by atoms with Crippen LogP contribution in [0, 0.1) is 0 Å². The molecule has 1 atom stereocenters. The minimum Gasteiger partial charge on any atom is -0.333 e. The smallest absolute Gasteiger partial charge is 0.0948 e. The van der Waals surface area contributed by atoms with Crippen LogP contribution in [0.2, 0.25) is 0 Å². The molecule has 1 unspecified atom stereocenters. The Balaban J connectivity index is 1.78. The van der Waals surface area contributed by atoms with Crippen LogP contribution in [0.15, 0.2) is 12.5 Å². The Morgan fingerprint density at radius 2 is 2.12 bits per heavy atom. The first-order valence-electron chi connectivity index (χ1n) is 6.25. The molecule has 1 aromatic heterocycles. The van der Waals surface area contributed by atoms with Gasteiger partial charge in [-0.2, -0.15) is 0 Å². The monoisotopic (exact) mass is 222 g/mol. The van der Waals surface area contributed by atoms with Crippen molar-refractivity contribution in [2.24, 2.45) is 5.73 Å². The molecule has 16 heavy (non-hydrogen) atoms. The number of nitrogens with two attached hydrogens (primary N) is 1. The van der Waals surface area contributed by atoms with Gasteiger partial charge in [-0.15, -0.1) is 0 Å². The van der Waals surface area contributed by atoms with E-state index in [9.17, 15) is 0 Å². The molecule has 0 radical (unpaired) electrons. The third kappa shape index (κ3) is 2.83. The Kier molecular flexibility index (Phi) is 3.96. The zero-order valence-electron chi connectivity index (χ0n) is 10.1. The summed E-state index contributed by atoms with van der Waals surface area (Å²) in [4.78, 5) is 6.71. The Morgan fingerprint density at radius 1 is 1.38 bits per heavy atom. The molecule has 0 spiro atoms. The van der Waals surface area contributed by atoms with Gasteiger partial charge in [0.15, 0.2) is 0 Å². The van der Waals surface area contributed by atoms with Crippen LogP contribution in [0.4, 0.5) is 0 Å². The fourth-order valence-electron chi connectivity index (χ4n) is 2.37. The van der Waals surface area contributed by atoms with Gasteiger partial charge < -0.3 is 15.2 Å². The lowest BCUT2D eigenvalue weighted by Crippen LogP contribution is -2.22. The topological polar surface area (TPSA) is 47.1 Å². The summed E-state index contributed by atoms with van der Waals surface area (Å²) in [6.07, 6.45) is 7.70. The molecule has 0 amide bonds. The first kappa shape index (κ1) is 11.6. The summed E-state index contributed by atoms with van der Waals surface area (Å²) in [5.41, 5.74) is 7.02. The van der Waals surface area contributed by atoms with E-state index < -0.39 is 0 Å². The summed E-state index contributed by atoms with van der Waals surface area (Å²) in [6, 6.07) is 0.0780. The molecule has 1 aliphatic heterocycles. The van der Waals surface area contributed by atoms with Crippen LogP contribution in [0.25, 0.3) is 0 Å². The van der Waals surface area contributed by atoms with Crippen LogP contribution in [0.1, 0.15) is 37.9 Å². The summed E-state index contributed by atoms with van der Waals surface area (Å²) in [5, 5.41) is 0. The molecule has 0 aromatic carbocycles. The maximum absolute atomic E-state index is 5.88. The number of nitrogens with zero attached hydrogens (tertiary/aromatic N) is 3. The highest BCUT2D eigenvalue weighted by Gasteiger charge is 2.11. The van der Waals surface area contributed by atoms with Crippen molar-refractivity contribution >= 4 is 0 Å². The van der Waals surface area contributed by atoms with Crippen LogP contribution in [0.3, 0.4) is 0 Å². The number of hydrogen-bond donors (Lipinski definition) is 1. The van der Waals surface area contributed by atoms with Gasteiger partial charge in [0, 0.05) is 18.8 Å². The predicted octanol–water partition coefficient (Wildman–Crippen LogP) is 1.39. The summed E-state index contributed by atoms with van der Waals surface area (Å²) in [5.74, 6) is 0. The van der Waals surface area contributed by atoms with E-state index >= 15 is 0 Å². The number of rotatable bonds is 5. The Bertz CT molecular complexity index is 313. The molecule has 1 fully saturated rings. The fourth-order valence-corrected chi connectivity index (χ4v) is 2.37. The van der Waals surface area contributed by atoms with Gasteiger partial charge in [0.2, 0.25) is 0 Å². The first-order valence-corrected chi connectivity index (χ1v) is 6.25. The zero-order chi connectivity index (χ0) is 11.4. The van der Waals surface area contributed by atoms with Gasteiger partial charge in [0.1, 0.15) is 0 Å². The summed E-state index contributed by atoms with van der Waals surface area (Å²) in [7, 11) is 0. The quantitative estimate of drug-likeness (QED) is 0.819. The third-order valence-electron chi connectivity index (χ3n) is 3.28. The second kappa shape index (κ2) is 5.46. The summed E-state index contributed by atoms with van der Waals surface area (Å²) in [6.45, 7) is 6.81. The Hall–Kier alpha value is -0.870. The average Bonchev–Trinajstić information content (AvgIpc) is 2.87. The van der Waals surface area contributed by atoms with Gasteiger partial charge >= 0.3 is 0 Å². The maximum atomic E-state index is 5.88. The van der Waals surface area contributed by atoms with E-state index in [1.807, 2.05) is 19.4 Å². The molecule has 1 aliphatic rings. The number of imidazole rings is 1. The molecule has 2 heterocycles. The SMILES string of the molecule is CC(N)c1cncn1CCCN1CCCC1. The molecular formula is C12H22N4. The van der Waals surface area contributed by atoms with E-state index in [-0.39, 0.29) is 6.04 Å². The molecule has 1 aromatic rings. The van der Waals surface area contributed by atoms with E-state index in [0.717, 1.165) is 12.2 Å². The van der Waals surface area contributed by atoms with Crippen LogP contribution in [0.5, 0.6) is 0 Å². The molecule has 1 saturated heterocycles. The zero-order valence-corrected chi connectivity index (χ0v) is 10.1. The second-order valence-corrected chi connectivity index (χ2v) is 4.70. The largest absolute Gasteiger partial charge is 0.333 e. The van der Waals surface area contributed by atoms with Crippen molar-refractivity contribution in [3.8, 4) is 0 Å². The van der Waals surface area contributed by atoms with Gasteiger partial charge in [0.25, 0.3) is 0 Å². The predicted molar refractivity (Wildman–Crippen MR) is 65.1 cm³/mol.